The maximum absolute atomic E-state index is 14.1. The monoisotopic (exact) mass is 852 g/mol. The zero-order valence-corrected chi connectivity index (χ0v) is 38.2. The van der Waals surface area contributed by atoms with Crippen LogP contribution in [0, 0.1) is 23.7 Å². The molecular formula is C39H69N11O10. The number of imide groups is 5. The molecule has 4 N–H and O–H groups in total. The summed E-state index contributed by atoms with van der Waals surface area (Å²) in [5.41, 5.74) is 0. The summed E-state index contributed by atoms with van der Waals surface area (Å²) < 4.78 is 0. The van der Waals surface area contributed by atoms with E-state index in [2.05, 4.69) is 16.0 Å². The number of rotatable bonds is 7. The molecule has 0 spiro atoms. The van der Waals surface area contributed by atoms with Crippen LogP contribution in [-0.2, 0) is 24.0 Å². The van der Waals surface area contributed by atoms with Gasteiger partial charge in [-0.05, 0) is 56.9 Å². The molecular weight excluding hydrogens is 782 g/mol. The molecule has 0 aromatic carbocycles. The number of carbonyl (C=O) groups is 10. The fourth-order valence-electron chi connectivity index (χ4n) is 6.42. The van der Waals surface area contributed by atoms with E-state index in [9.17, 15) is 47.9 Å². The topological polar surface area (TPSA) is 242 Å². The molecule has 0 aromatic rings. The van der Waals surface area contributed by atoms with E-state index in [0.29, 0.717) is 21.1 Å². The summed E-state index contributed by atoms with van der Waals surface area (Å²) in [4.78, 5) is 141. The number of nitrogens with one attached hydrogen (secondary N) is 4. The number of urea groups is 5. The summed E-state index contributed by atoms with van der Waals surface area (Å²) in [6, 6.07) is -10.2. The van der Waals surface area contributed by atoms with E-state index in [1.807, 2.05) is 46.9 Å². The van der Waals surface area contributed by atoms with Crippen molar-refractivity contribution < 1.29 is 47.9 Å². The normalized spacial score (nSPS) is 24.5. The lowest BCUT2D eigenvalue weighted by Gasteiger charge is -2.39. The predicted octanol–water partition coefficient (Wildman–Crippen LogP) is 1.73. The molecule has 1 fully saturated rings. The van der Waals surface area contributed by atoms with Crippen molar-refractivity contribution >= 4 is 59.7 Å². The van der Waals surface area contributed by atoms with E-state index in [1.165, 1.54) is 33.0 Å². The molecule has 0 radical (unpaired) electrons. The first kappa shape index (κ1) is 52.7. The van der Waals surface area contributed by atoms with Crippen molar-refractivity contribution in [3.8, 4) is 0 Å². The second kappa shape index (κ2) is 22.9. The molecule has 5 atom stereocenters. The minimum atomic E-state index is -1.31. The Kier molecular flexibility index (Phi) is 20.1. The molecule has 60 heavy (non-hydrogen) atoms. The summed E-state index contributed by atoms with van der Waals surface area (Å²) in [6.45, 7) is 15.6. The van der Waals surface area contributed by atoms with Gasteiger partial charge in [-0.1, -0.05) is 55.4 Å². The molecule has 1 rings (SSSR count). The third kappa shape index (κ3) is 14.4. The van der Waals surface area contributed by atoms with E-state index < -0.39 is 96.6 Å². The lowest BCUT2D eigenvalue weighted by molar-refractivity contribution is -0.141. The van der Waals surface area contributed by atoms with Gasteiger partial charge in [-0.3, -0.25) is 44.4 Å². The van der Waals surface area contributed by atoms with Crippen LogP contribution >= 0.6 is 0 Å². The third-order valence-electron chi connectivity index (χ3n) is 10.2. The van der Waals surface area contributed by atoms with E-state index in [0.717, 1.165) is 30.9 Å². The molecule has 15 amide bonds. The van der Waals surface area contributed by atoms with Crippen molar-refractivity contribution in [3.63, 3.8) is 0 Å². The molecule has 0 aromatic heterocycles. The van der Waals surface area contributed by atoms with Gasteiger partial charge in [0.25, 0.3) is 5.91 Å². The largest absolute Gasteiger partial charge is 0.343 e. The molecule has 340 valence electrons. The Labute approximate surface area is 354 Å². The smallest absolute Gasteiger partial charge is 0.335 e. The highest BCUT2D eigenvalue weighted by atomic mass is 16.2. The summed E-state index contributed by atoms with van der Waals surface area (Å²) in [7, 11) is 8.60. The van der Waals surface area contributed by atoms with Crippen LogP contribution in [0.15, 0.2) is 0 Å². The van der Waals surface area contributed by atoms with Crippen LogP contribution in [0.25, 0.3) is 0 Å². The van der Waals surface area contributed by atoms with Crippen molar-refractivity contribution in [3.05, 3.63) is 0 Å². The van der Waals surface area contributed by atoms with Crippen molar-refractivity contribution in [2.24, 2.45) is 23.7 Å². The number of nitrogens with zero attached hydrogens (tertiary/aromatic N) is 7. The van der Waals surface area contributed by atoms with Gasteiger partial charge in [0.05, 0.1) is 12.2 Å². The molecule has 1 heterocycles. The van der Waals surface area contributed by atoms with Crippen molar-refractivity contribution in [2.75, 3.05) is 55.9 Å². The lowest BCUT2D eigenvalue weighted by Crippen LogP contribution is -2.62. The van der Waals surface area contributed by atoms with Crippen LogP contribution in [0.1, 0.15) is 81.6 Å². The van der Waals surface area contributed by atoms with Crippen LogP contribution in [0.4, 0.5) is 24.0 Å². The minimum Gasteiger partial charge on any atom is -0.343 e. The second-order valence-electron chi connectivity index (χ2n) is 17.1. The van der Waals surface area contributed by atoms with Gasteiger partial charge in [0, 0.05) is 42.3 Å². The Hall–Kier alpha value is -5.34. The zero-order chi connectivity index (χ0) is 46.7. The number of carbonyl (C=O) groups excluding carboxylic acids is 10. The molecule has 0 saturated carbocycles. The van der Waals surface area contributed by atoms with E-state index >= 15 is 0 Å². The second-order valence-corrected chi connectivity index (χ2v) is 17.1. The highest BCUT2D eigenvalue weighted by Gasteiger charge is 2.39. The summed E-state index contributed by atoms with van der Waals surface area (Å²) in [5.74, 6) is -4.10. The molecule has 1 aliphatic rings. The van der Waals surface area contributed by atoms with Crippen LogP contribution in [0.5, 0.6) is 0 Å². The van der Waals surface area contributed by atoms with Crippen LogP contribution in [-0.4, -0.2) is 180 Å². The van der Waals surface area contributed by atoms with Gasteiger partial charge >= 0.3 is 30.2 Å². The predicted molar refractivity (Wildman–Crippen MR) is 222 cm³/mol. The SMILES string of the molecule is CC(C)C[C@@H]1C(=O)N(C)C(=O)N(C)C(=O)N(C)C(=O)NC(=O)N(C)CC(=O)N(C)[C@@H](CC(C)C)C(=O)NC(C(C)C)N(C)[C@H](CC(C)C)C(=O)N[C@H](C)C(=O)NC(=O)N1C. The lowest BCUT2D eigenvalue weighted by atomic mass is 9.98. The van der Waals surface area contributed by atoms with Crippen molar-refractivity contribution in [1.29, 1.82) is 0 Å². The molecule has 1 saturated heterocycles. The van der Waals surface area contributed by atoms with Gasteiger partial charge in [-0.25, -0.2) is 33.8 Å². The number of hydrogen-bond acceptors (Lipinski definition) is 11. The fourth-order valence-corrected chi connectivity index (χ4v) is 6.42. The molecule has 0 aliphatic carbocycles. The Balaban J connectivity index is 3.81. The fraction of sp³-hybridized carbons (Fsp3) is 0.744. The quantitative estimate of drug-likeness (QED) is 0.288. The molecule has 1 aliphatic heterocycles. The zero-order valence-electron chi connectivity index (χ0n) is 38.2. The highest BCUT2D eigenvalue weighted by Crippen LogP contribution is 2.20. The van der Waals surface area contributed by atoms with Gasteiger partial charge in [-0.2, -0.15) is 0 Å². The van der Waals surface area contributed by atoms with Crippen molar-refractivity contribution in [1.82, 2.24) is 55.6 Å². The third-order valence-corrected chi connectivity index (χ3v) is 10.2. The van der Waals surface area contributed by atoms with Crippen LogP contribution in [0.2, 0.25) is 0 Å². The average Bonchev–Trinajstić information content (AvgIpc) is 3.16. The minimum absolute atomic E-state index is 0.0172. The van der Waals surface area contributed by atoms with Gasteiger partial charge < -0.3 is 25.3 Å². The Morgan fingerprint density at radius 3 is 1.48 bits per heavy atom. The molecule has 21 nitrogen and oxygen atoms in total. The molecule has 1 unspecified atom stereocenters. The molecule has 0 bridgehead atoms. The molecule has 21 heteroatoms. The average molecular weight is 852 g/mol. The van der Waals surface area contributed by atoms with Gasteiger partial charge in [0.15, 0.2) is 0 Å². The maximum Gasteiger partial charge on any atom is 0.335 e. The summed E-state index contributed by atoms with van der Waals surface area (Å²) in [5, 5.41) is 9.87. The van der Waals surface area contributed by atoms with E-state index in [-0.39, 0.29) is 36.5 Å². The first-order chi connectivity index (χ1) is 27.5. The number of amides is 15. The van der Waals surface area contributed by atoms with E-state index in [4.69, 9.17) is 0 Å². The maximum atomic E-state index is 14.1. The highest BCUT2D eigenvalue weighted by molar-refractivity contribution is 6.08. The number of likely N-dealkylation sites (N-methyl/N-ethyl adjacent to an activating group) is 5. The first-order valence-electron chi connectivity index (χ1n) is 20.1. The Morgan fingerprint density at radius 1 is 0.517 bits per heavy atom. The Bertz CT molecular complexity index is 1620. The van der Waals surface area contributed by atoms with E-state index in [1.54, 1.807) is 25.8 Å². The van der Waals surface area contributed by atoms with Gasteiger partial charge in [0.2, 0.25) is 23.6 Å². The number of hydrogen-bond donors (Lipinski definition) is 4. The summed E-state index contributed by atoms with van der Waals surface area (Å²) in [6.07, 6.45) is -0.176. The van der Waals surface area contributed by atoms with Crippen LogP contribution in [0.3, 0.4) is 0 Å². The van der Waals surface area contributed by atoms with Crippen LogP contribution < -0.4 is 21.3 Å². The Morgan fingerprint density at radius 2 is 0.983 bits per heavy atom. The first-order valence-corrected chi connectivity index (χ1v) is 20.1. The summed E-state index contributed by atoms with van der Waals surface area (Å²) >= 11 is 0. The standard InChI is InChI=1S/C39H69N11O10/c1-21(2)17-26-33(54)41-30(24(7)8)46(12)27(18-22(3)4)32(53)40-25(9)31(52)42-36(57)47(13)28(19-23(5)6)34(55)48(14)38(59)50(16)39(60)49(15)37(58)43-35(56)44(10)20-29(51)45(26)11/h21-28,30H,17-20H2,1-16H3,(H,40,53)(H,41,54)(H,42,52,57)(H,43,56,58)/t25-,26+,27-,28-,30?/m1/s1. The van der Waals surface area contributed by atoms with Crippen molar-refractivity contribution in [2.45, 2.75) is 112 Å². The van der Waals surface area contributed by atoms with Gasteiger partial charge in [-0.15, -0.1) is 0 Å². The van der Waals surface area contributed by atoms with Gasteiger partial charge in [0.1, 0.15) is 24.7 Å².